The smallest absolute Gasteiger partial charge is 0.275 e. The molecule has 0 radical (unpaired) electrons. The van der Waals surface area contributed by atoms with Crippen LogP contribution < -0.4 is 10.1 Å². The minimum atomic E-state index is -0.466. The first-order chi connectivity index (χ1) is 15.1. The molecule has 0 amide bonds. The third-order valence-corrected chi connectivity index (χ3v) is 6.13. The van der Waals surface area contributed by atoms with E-state index >= 15 is 0 Å². The summed E-state index contributed by atoms with van der Waals surface area (Å²) < 4.78 is 20.5. The van der Waals surface area contributed by atoms with Gasteiger partial charge in [0.1, 0.15) is 18.2 Å². The van der Waals surface area contributed by atoms with Gasteiger partial charge in [-0.1, -0.05) is 54.6 Å². The number of nitro groups is 1. The summed E-state index contributed by atoms with van der Waals surface area (Å²) in [7, 11) is 0. The minimum Gasteiger partial charge on any atom is -0.489 e. The van der Waals surface area contributed by atoms with Crippen molar-refractivity contribution in [2.75, 3.05) is 5.32 Å². The first kappa shape index (κ1) is 19.3. The van der Waals surface area contributed by atoms with Gasteiger partial charge in [-0.15, -0.1) is 0 Å². The number of nitro benzene ring substituents is 1. The molecular weight excluding hydrogens is 395 g/mol. The number of hydrogen-bond acceptors (Lipinski definition) is 4. The molecule has 2 aliphatic rings. The molecule has 0 fully saturated rings. The maximum Gasteiger partial charge on any atom is 0.275 e. The molecule has 5 rings (SSSR count). The monoisotopic (exact) mass is 416 g/mol. The molecule has 0 saturated carbocycles. The molecule has 156 valence electrons. The van der Waals surface area contributed by atoms with Crippen LogP contribution >= 0.6 is 0 Å². The van der Waals surface area contributed by atoms with E-state index < -0.39 is 10.7 Å². The van der Waals surface area contributed by atoms with Crippen LogP contribution in [0.5, 0.6) is 5.75 Å². The Bertz CT molecular complexity index is 1150. The summed E-state index contributed by atoms with van der Waals surface area (Å²) in [5.41, 5.74) is 2.74. The Morgan fingerprint density at radius 2 is 1.84 bits per heavy atom. The zero-order chi connectivity index (χ0) is 21.4. The average molecular weight is 416 g/mol. The van der Waals surface area contributed by atoms with Crippen LogP contribution in [0.3, 0.4) is 0 Å². The quantitative estimate of drug-likeness (QED) is 0.308. The third kappa shape index (κ3) is 3.54. The second-order valence-corrected chi connectivity index (χ2v) is 7.93. The minimum absolute atomic E-state index is 0.0337. The van der Waals surface area contributed by atoms with Crippen LogP contribution in [0.25, 0.3) is 0 Å². The maximum atomic E-state index is 14.7. The number of anilines is 1. The highest BCUT2D eigenvalue weighted by Gasteiger charge is 2.42. The first-order valence-corrected chi connectivity index (χ1v) is 10.3. The summed E-state index contributed by atoms with van der Waals surface area (Å²) in [6.45, 7) is 0.485. The van der Waals surface area contributed by atoms with Crippen molar-refractivity contribution in [1.29, 1.82) is 0 Å². The number of nitrogens with one attached hydrogen (secondary N) is 1. The van der Waals surface area contributed by atoms with Crippen LogP contribution in [0.2, 0.25) is 0 Å². The van der Waals surface area contributed by atoms with Crippen LogP contribution in [-0.4, -0.2) is 4.92 Å². The molecule has 3 aromatic carbocycles. The van der Waals surface area contributed by atoms with Crippen molar-refractivity contribution in [2.24, 2.45) is 5.92 Å². The first-order valence-electron chi connectivity index (χ1n) is 10.3. The van der Waals surface area contributed by atoms with Crippen molar-refractivity contribution in [1.82, 2.24) is 0 Å². The number of hydrogen-bond donors (Lipinski definition) is 1. The molecule has 3 atom stereocenters. The summed E-state index contributed by atoms with van der Waals surface area (Å²) in [6.07, 6.45) is 4.79. The van der Waals surface area contributed by atoms with Gasteiger partial charge in [-0.2, -0.15) is 0 Å². The van der Waals surface area contributed by atoms with Crippen molar-refractivity contribution in [3.8, 4) is 5.75 Å². The van der Waals surface area contributed by atoms with Crippen LogP contribution in [0.4, 0.5) is 15.8 Å². The lowest BCUT2D eigenvalue weighted by Crippen LogP contribution is -2.30. The van der Waals surface area contributed by atoms with Crippen LogP contribution in [0.1, 0.15) is 35.1 Å². The van der Waals surface area contributed by atoms with Crippen LogP contribution in [-0.2, 0) is 6.61 Å². The van der Waals surface area contributed by atoms with Crippen LogP contribution in [0.15, 0.2) is 78.9 Å². The second-order valence-electron chi connectivity index (χ2n) is 7.93. The fraction of sp³-hybridized carbons (Fsp3) is 0.200. The van der Waals surface area contributed by atoms with E-state index in [2.05, 4.69) is 5.32 Å². The molecular formula is C25H21FN2O3. The van der Waals surface area contributed by atoms with E-state index in [0.717, 1.165) is 23.3 Å². The molecule has 5 nitrogen and oxygen atoms in total. The molecule has 6 heteroatoms. The Hall–Kier alpha value is -3.67. The van der Waals surface area contributed by atoms with Gasteiger partial charge in [0, 0.05) is 12.0 Å². The van der Waals surface area contributed by atoms with Gasteiger partial charge in [0.15, 0.2) is 0 Å². The molecule has 1 aliphatic heterocycles. The molecule has 1 heterocycles. The molecule has 1 N–H and O–H groups in total. The van der Waals surface area contributed by atoms with Gasteiger partial charge < -0.3 is 10.1 Å². The zero-order valence-corrected chi connectivity index (χ0v) is 16.7. The van der Waals surface area contributed by atoms with E-state index in [1.807, 2.05) is 66.7 Å². The Morgan fingerprint density at radius 3 is 2.58 bits per heavy atom. The van der Waals surface area contributed by atoms with E-state index in [1.165, 1.54) is 12.1 Å². The van der Waals surface area contributed by atoms with Crippen molar-refractivity contribution in [3.63, 3.8) is 0 Å². The molecule has 1 aliphatic carbocycles. The van der Waals surface area contributed by atoms with Gasteiger partial charge >= 0.3 is 0 Å². The van der Waals surface area contributed by atoms with E-state index in [1.54, 1.807) is 0 Å². The highest BCUT2D eigenvalue weighted by atomic mass is 19.1. The van der Waals surface area contributed by atoms with Gasteiger partial charge in [-0.25, -0.2) is 4.39 Å². The zero-order valence-electron chi connectivity index (χ0n) is 16.7. The van der Waals surface area contributed by atoms with Gasteiger partial charge in [-0.05, 0) is 41.7 Å². The SMILES string of the molecule is O=[N+]([O-])c1ccc(F)c2c1C1C=CCC1C(c1ccc(OCc3ccccc3)cc1)N2. The third-order valence-electron chi connectivity index (χ3n) is 6.13. The van der Waals surface area contributed by atoms with Gasteiger partial charge in [0.05, 0.1) is 22.2 Å². The standard InChI is InChI=1S/C25H21FN2O3/c26-21-13-14-22(28(29)30)23-19-7-4-8-20(19)24(27-25(21)23)17-9-11-18(12-10-17)31-15-16-5-2-1-3-6-16/h1-7,9-14,19-20,24,27H,8,15H2. The Labute approximate surface area is 179 Å². The van der Waals surface area contributed by atoms with E-state index in [-0.39, 0.29) is 29.3 Å². The predicted octanol–water partition coefficient (Wildman–Crippen LogP) is 6.14. The number of rotatable bonds is 5. The maximum absolute atomic E-state index is 14.7. The second kappa shape index (κ2) is 7.87. The van der Waals surface area contributed by atoms with Crippen LogP contribution in [0, 0.1) is 21.8 Å². The van der Waals surface area contributed by atoms with E-state index in [0.29, 0.717) is 12.2 Å². The number of nitrogens with zero attached hydrogens (tertiary/aromatic N) is 1. The number of fused-ring (bicyclic) bond motifs is 3. The topological polar surface area (TPSA) is 64.4 Å². The van der Waals surface area contributed by atoms with Gasteiger partial charge in [-0.3, -0.25) is 10.1 Å². The predicted molar refractivity (Wildman–Crippen MR) is 117 cm³/mol. The number of ether oxygens (including phenoxy) is 1. The molecule has 3 unspecified atom stereocenters. The van der Waals surface area contributed by atoms with Gasteiger partial charge in [0.25, 0.3) is 5.69 Å². The van der Waals surface area contributed by atoms with E-state index in [4.69, 9.17) is 4.74 Å². The lowest BCUT2D eigenvalue weighted by Gasteiger charge is -2.37. The van der Waals surface area contributed by atoms with Crippen molar-refractivity contribution < 1.29 is 14.1 Å². The highest BCUT2D eigenvalue weighted by Crippen LogP contribution is 2.53. The number of allylic oxidation sites excluding steroid dienone is 2. The van der Waals surface area contributed by atoms with Gasteiger partial charge in [0.2, 0.25) is 0 Å². The summed E-state index contributed by atoms with van der Waals surface area (Å²) in [5.74, 6) is 0.189. The Kier molecular flexibility index (Phi) is 4.90. The normalized spacial score (nSPS) is 21.1. The lowest BCUT2D eigenvalue weighted by atomic mass is 9.76. The largest absolute Gasteiger partial charge is 0.489 e. The molecule has 0 saturated heterocycles. The summed E-state index contributed by atoms with van der Waals surface area (Å²) in [5, 5.41) is 14.8. The Balaban J connectivity index is 1.41. The fourth-order valence-electron chi connectivity index (χ4n) is 4.66. The average Bonchev–Trinajstić information content (AvgIpc) is 3.29. The van der Waals surface area contributed by atoms with Crippen molar-refractivity contribution >= 4 is 11.4 Å². The lowest BCUT2D eigenvalue weighted by molar-refractivity contribution is -0.385. The summed E-state index contributed by atoms with van der Waals surface area (Å²) >= 11 is 0. The molecule has 0 aromatic heterocycles. The number of halogens is 1. The molecule has 0 spiro atoms. The highest BCUT2D eigenvalue weighted by molar-refractivity contribution is 5.68. The Morgan fingerprint density at radius 1 is 1.06 bits per heavy atom. The molecule has 0 bridgehead atoms. The van der Waals surface area contributed by atoms with Crippen molar-refractivity contribution in [2.45, 2.75) is 25.0 Å². The molecule has 31 heavy (non-hydrogen) atoms. The fourth-order valence-corrected chi connectivity index (χ4v) is 4.66. The van der Waals surface area contributed by atoms with E-state index in [9.17, 15) is 14.5 Å². The molecule has 3 aromatic rings. The number of benzene rings is 3. The van der Waals surface area contributed by atoms with Crippen molar-refractivity contribution in [3.05, 3.63) is 112 Å². The summed E-state index contributed by atoms with van der Waals surface area (Å²) in [6, 6.07) is 20.0. The summed E-state index contributed by atoms with van der Waals surface area (Å²) in [4.78, 5) is 11.1.